The van der Waals surface area contributed by atoms with E-state index in [0.717, 1.165) is 65.7 Å². The molecule has 0 spiro atoms. The lowest BCUT2D eigenvalue weighted by Gasteiger charge is -2.22. The molecular formula is C80H92N3+3. The Bertz CT molecular complexity index is 4490. The first-order valence-corrected chi connectivity index (χ1v) is 30.2. The average molecular weight is 1110 g/mol. The predicted molar refractivity (Wildman–Crippen MR) is 349 cm³/mol. The van der Waals surface area contributed by atoms with Crippen LogP contribution in [0.15, 0.2) is 134 Å². The number of nitrogens with zero attached hydrogens (tertiary/aromatic N) is 3. The minimum atomic E-state index is -2.41. The fourth-order valence-electron chi connectivity index (χ4n) is 13.7. The Morgan fingerprint density at radius 3 is 1.29 bits per heavy atom. The summed E-state index contributed by atoms with van der Waals surface area (Å²) in [5, 5.41) is 0. The zero-order chi connectivity index (χ0) is 68.3. The van der Waals surface area contributed by atoms with Crippen molar-refractivity contribution >= 4 is 0 Å². The van der Waals surface area contributed by atoms with E-state index in [1.54, 1.807) is 38.4 Å². The van der Waals surface area contributed by atoms with Crippen molar-refractivity contribution in [3.8, 4) is 67.2 Å². The summed E-state index contributed by atoms with van der Waals surface area (Å²) in [6.07, 6.45) is 10.00. The summed E-state index contributed by atoms with van der Waals surface area (Å²) in [5.74, 6) is -0.785. The van der Waals surface area contributed by atoms with E-state index in [1.807, 2.05) is 44.0 Å². The van der Waals surface area contributed by atoms with Crippen LogP contribution >= 0.6 is 0 Å². The lowest BCUT2D eigenvalue weighted by atomic mass is 9.83. The Kier molecular flexibility index (Phi) is 12.6. The number of pyridine rings is 3. The van der Waals surface area contributed by atoms with Gasteiger partial charge in [0.15, 0.2) is 18.6 Å². The highest BCUT2D eigenvalue weighted by molar-refractivity contribution is 5.88. The van der Waals surface area contributed by atoms with Gasteiger partial charge in [0.25, 0.3) is 0 Å². The second kappa shape index (κ2) is 23.1. The van der Waals surface area contributed by atoms with Crippen molar-refractivity contribution in [2.45, 2.75) is 160 Å². The van der Waals surface area contributed by atoms with Gasteiger partial charge < -0.3 is 0 Å². The topological polar surface area (TPSA) is 11.6 Å². The van der Waals surface area contributed by atoms with Crippen molar-refractivity contribution in [3.63, 3.8) is 0 Å². The van der Waals surface area contributed by atoms with Crippen LogP contribution in [0.2, 0.25) is 0 Å². The summed E-state index contributed by atoms with van der Waals surface area (Å²) in [6.45, 7) is 17.0. The molecule has 1 saturated carbocycles. The van der Waals surface area contributed by atoms with E-state index in [4.69, 9.17) is 15.1 Å². The molecule has 3 heteroatoms. The van der Waals surface area contributed by atoms with Gasteiger partial charge in [-0.05, 0) is 217 Å². The van der Waals surface area contributed by atoms with Gasteiger partial charge in [-0.2, -0.15) is 0 Å². The number of hydrogen-bond acceptors (Lipinski definition) is 0. The minimum Gasteiger partial charge on any atom is -0.201 e. The minimum absolute atomic E-state index is 0.0674. The highest BCUT2D eigenvalue weighted by atomic mass is 14.9. The van der Waals surface area contributed by atoms with Crippen LogP contribution in [0.4, 0.5) is 0 Å². The standard InChI is InChI=1S/C27H30N.C27H32N.C26H30N/c1-18-9-11-23-22(15-18)16-25-24(23)12-10-19(2)27(25)26-17-21(13-14-28(26)3)20-7-5-4-6-8-20;1-17-8-10-22-20(12-17)13-24-23(22)11-9-18(2)26(24)25-14-21(15-27(4,5)6)19(3)16-28(25)7;1-16(2)11-20-14-25(27(6)15-19(20)5)26-18(4)8-10-23-22-9-7-17(3)12-21(22)13-24(23)26/h9-15,17,20H,4-8,16H2,1-3H3;8-12,14,16H,13,15H2,1-7H3;7-10,12,14-16H,11,13H2,1-6H3/q3*+1/i20D;3D3,15D2;5D3,11D2. The molecule has 0 saturated heterocycles. The summed E-state index contributed by atoms with van der Waals surface area (Å²) < 4.78 is 98.7. The van der Waals surface area contributed by atoms with E-state index in [0.29, 0.717) is 0 Å². The van der Waals surface area contributed by atoms with Crippen molar-refractivity contribution < 1.29 is 28.8 Å². The molecule has 4 aliphatic rings. The Labute approximate surface area is 514 Å². The number of benzene rings is 6. The van der Waals surface area contributed by atoms with Gasteiger partial charge in [0.2, 0.25) is 17.1 Å². The molecule has 0 unspecified atom stereocenters. The van der Waals surface area contributed by atoms with Gasteiger partial charge in [0, 0.05) is 50.5 Å². The van der Waals surface area contributed by atoms with Crippen LogP contribution in [0.1, 0.15) is 182 Å². The molecule has 1 fully saturated rings. The number of rotatable bonds is 7. The highest BCUT2D eigenvalue weighted by Gasteiger charge is 2.31. The van der Waals surface area contributed by atoms with Crippen LogP contribution in [0.5, 0.6) is 0 Å². The molecule has 0 atom stereocenters. The number of aryl methyl sites for hydroxylation is 11. The second-order valence-corrected chi connectivity index (χ2v) is 25.8. The van der Waals surface area contributed by atoms with Crippen molar-refractivity contribution in [1.82, 2.24) is 0 Å². The third-order valence-corrected chi connectivity index (χ3v) is 17.6. The van der Waals surface area contributed by atoms with E-state index in [-0.39, 0.29) is 28.2 Å². The van der Waals surface area contributed by atoms with Gasteiger partial charge in [-0.3, -0.25) is 0 Å². The Morgan fingerprint density at radius 1 is 0.482 bits per heavy atom. The van der Waals surface area contributed by atoms with E-state index in [9.17, 15) is 0 Å². The molecule has 13 rings (SSSR count). The van der Waals surface area contributed by atoms with E-state index < -0.39 is 37.8 Å². The number of fused-ring (bicyclic) bond motifs is 9. The third kappa shape index (κ3) is 11.6. The van der Waals surface area contributed by atoms with Crippen LogP contribution in [-0.4, -0.2) is 0 Å². The molecule has 3 nitrogen and oxygen atoms in total. The largest absolute Gasteiger partial charge is 0.213 e. The molecule has 83 heavy (non-hydrogen) atoms. The molecule has 3 heterocycles. The first-order chi connectivity index (χ1) is 43.9. The zero-order valence-electron chi connectivity index (χ0n) is 62.8. The molecule has 0 amide bonds. The summed E-state index contributed by atoms with van der Waals surface area (Å²) in [6, 6.07) is 41.1. The van der Waals surface area contributed by atoms with E-state index in [2.05, 4.69) is 162 Å². The molecule has 4 aliphatic carbocycles. The summed E-state index contributed by atoms with van der Waals surface area (Å²) in [5.41, 5.74) is 30.3. The molecular weight excluding hydrogens is 1000 g/mol. The van der Waals surface area contributed by atoms with Crippen molar-refractivity contribution in [1.29, 1.82) is 0 Å². The summed E-state index contributed by atoms with van der Waals surface area (Å²) >= 11 is 0. The van der Waals surface area contributed by atoms with Gasteiger partial charge in [-0.1, -0.05) is 162 Å². The normalized spacial score (nSPS) is 16.8. The zero-order valence-corrected chi connectivity index (χ0v) is 51.8. The number of hydrogen-bond donors (Lipinski definition) is 0. The SMILES string of the molecule is [2H]C([2H])([2H])c1c[n+](C)c(-c2c(C)ccc3c2Cc2cc(C)ccc2-3)cc1C([2H])([2H])C(C)(C)C.[2H]C([2H])([2H])c1c[n+](C)c(-c2c(C)ccc3c2Cc2cc(C)ccc2-3)cc1C([2H])([2H])C(C)C.[2H]C1(c2cc[n+](C)c(-c3c(C)ccc4c3Cc3cc(C)ccc3-4)c2)CCCCC1. The monoisotopic (exact) mass is 1110 g/mol. The maximum Gasteiger partial charge on any atom is 0.213 e. The molecule has 3 aromatic heterocycles. The average Bonchev–Trinajstić information content (AvgIpc) is 1.25. The van der Waals surface area contributed by atoms with Crippen LogP contribution in [-0.2, 0) is 53.2 Å². The molecule has 0 radical (unpaired) electrons. The van der Waals surface area contributed by atoms with Crippen LogP contribution < -0.4 is 13.7 Å². The maximum atomic E-state index is 9.12. The first kappa shape index (κ1) is 45.2. The lowest BCUT2D eigenvalue weighted by Crippen LogP contribution is -2.32. The lowest BCUT2D eigenvalue weighted by molar-refractivity contribution is -0.661. The molecule has 9 aromatic rings. The number of aromatic nitrogens is 3. The summed E-state index contributed by atoms with van der Waals surface area (Å²) in [7, 11) is 5.85. The van der Waals surface area contributed by atoms with Gasteiger partial charge in [-0.25, -0.2) is 13.7 Å². The van der Waals surface area contributed by atoms with Gasteiger partial charge in [0.1, 0.15) is 21.1 Å². The fourth-order valence-corrected chi connectivity index (χ4v) is 13.7. The molecule has 6 aromatic carbocycles. The summed E-state index contributed by atoms with van der Waals surface area (Å²) in [4.78, 5) is 0. The first-order valence-electron chi connectivity index (χ1n) is 35.7. The molecule has 0 N–H and O–H groups in total. The molecule has 0 bridgehead atoms. The van der Waals surface area contributed by atoms with Gasteiger partial charge >= 0.3 is 0 Å². The smallest absolute Gasteiger partial charge is 0.201 e. The van der Waals surface area contributed by atoms with E-state index in [1.165, 1.54) is 125 Å². The maximum absolute atomic E-state index is 9.12. The molecule has 424 valence electrons. The van der Waals surface area contributed by atoms with Crippen LogP contribution in [0.3, 0.4) is 0 Å². The molecule has 0 aliphatic heterocycles. The third-order valence-electron chi connectivity index (χ3n) is 17.6. The van der Waals surface area contributed by atoms with Crippen LogP contribution in [0.25, 0.3) is 67.2 Å². The van der Waals surface area contributed by atoms with Crippen LogP contribution in [0, 0.1) is 66.6 Å². The highest BCUT2D eigenvalue weighted by Crippen LogP contribution is 2.47. The van der Waals surface area contributed by atoms with Gasteiger partial charge in [0.05, 0.1) is 16.7 Å². The fraction of sp³-hybridized carbons (Fsp3) is 0.362. The van der Waals surface area contributed by atoms with E-state index >= 15 is 0 Å². The van der Waals surface area contributed by atoms with Crippen molar-refractivity contribution in [2.75, 3.05) is 0 Å². The van der Waals surface area contributed by atoms with Crippen molar-refractivity contribution in [2.24, 2.45) is 32.5 Å². The predicted octanol–water partition coefficient (Wildman–Crippen LogP) is 18.6. The van der Waals surface area contributed by atoms with Crippen molar-refractivity contribution in [3.05, 3.63) is 228 Å². The quantitative estimate of drug-likeness (QED) is 0.141. The Hall–Kier alpha value is -7.23. The van der Waals surface area contributed by atoms with Gasteiger partial charge in [-0.15, -0.1) is 0 Å². The Balaban J connectivity index is 0.000000144. The Morgan fingerprint density at radius 2 is 0.880 bits per heavy atom. The second-order valence-electron chi connectivity index (χ2n) is 25.8.